The zero-order chi connectivity index (χ0) is 18.5. The molecule has 1 amide bonds. The van der Waals surface area contributed by atoms with Crippen molar-refractivity contribution in [1.82, 2.24) is 14.9 Å². The molecule has 1 N–H and O–H groups in total. The first-order valence-electron chi connectivity index (χ1n) is 10.1. The topological polar surface area (TPSA) is 76.6 Å². The maximum absolute atomic E-state index is 12.8. The number of aromatic nitrogens is 2. The van der Waals surface area contributed by atoms with Crippen LogP contribution in [0.4, 0.5) is 5.95 Å². The molecule has 7 heteroatoms. The largest absolute Gasteiger partial charge is 0.354 e. The van der Waals surface area contributed by atoms with Gasteiger partial charge in [-0.3, -0.25) is 4.79 Å². The van der Waals surface area contributed by atoms with Gasteiger partial charge in [0.15, 0.2) is 5.79 Å². The number of ether oxygens (including phenoxy) is 2. The molecule has 27 heavy (non-hydrogen) atoms. The van der Waals surface area contributed by atoms with Crippen molar-refractivity contribution in [2.24, 2.45) is 0 Å². The minimum atomic E-state index is -0.469. The van der Waals surface area contributed by atoms with Crippen molar-refractivity contribution in [2.75, 3.05) is 38.2 Å². The second-order valence-electron chi connectivity index (χ2n) is 7.45. The molecule has 2 aliphatic heterocycles. The minimum absolute atomic E-state index is 0.0525. The first-order chi connectivity index (χ1) is 13.2. The Hall–Kier alpha value is -1.99. The Balaban J connectivity index is 1.30. The Morgan fingerprint density at radius 3 is 2.78 bits per heavy atom. The van der Waals surface area contributed by atoms with Crippen LogP contribution in [-0.4, -0.2) is 59.4 Å². The summed E-state index contributed by atoms with van der Waals surface area (Å²) in [6.45, 7) is 3.33. The van der Waals surface area contributed by atoms with Gasteiger partial charge in [0, 0.05) is 38.7 Å². The maximum atomic E-state index is 12.8. The van der Waals surface area contributed by atoms with E-state index in [9.17, 15) is 4.79 Å². The summed E-state index contributed by atoms with van der Waals surface area (Å²) < 4.78 is 11.5. The number of nitrogens with zero attached hydrogens (tertiary/aromatic N) is 3. The van der Waals surface area contributed by atoms with Gasteiger partial charge in [0.25, 0.3) is 5.91 Å². The van der Waals surface area contributed by atoms with Gasteiger partial charge in [-0.15, -0.1) is 0 Å². The molecule has 1 spiro atoms. The molecule has 0 aromatic carbocycles. The molecule has 1 aliphatic carbocycles. The van der Waals surface area contributed by atoms with E-state index in [2.05, 4.69) is 21.4 Å². The van der Waals surface area contributed by atoms with E-state index >= 15 is 0 Å². The Bertz CT molecular complexity index is 690. The monoisotopic (exact) mass is 372 g/mol. The number of likely N-dealkylation sites (tertiary alicyclic amines) is 1. The van der Waals surface area contributed by atoms with Gasteiger partial charge in [0.2, 0.25) is 5.95 Å². The molecule has 2 saturated heterocycles. The first kappa shape index (κ1) is 18.4. The summed E-state index contributed by atoms with van der Waals surface area (Å²) in [5.74, 6) is -0.000307. The maximum Gasteiger partial charge on any atom is 0.272 e. The first-order valence-corrected chi connectivity index (χ1v) is 10.1. The number of amides is 1. The molecular weight excluding hydrogens is 344 g/mol. The predicted molar refractivity (Wildman–Crippen MR) is 101 cm³/mol. The molecule has 3 heterocycles. The van der Waals surface area contributed by atoms with Gasteiger partial charge in [-0.2, -0.15) is 0 Å². The van der Waals surface area contributed by atoms with Crippen LogP contribution < -0.4 is 5.32 Å². The fourth-order valence-corrected chi connectivity index (χ4v) is 4.03. The average molecular weight is 372 g/mol. The van der Waals surface area contributed by atoms with Gasteiger partial charge in [0.1, 0.15) is 5.69 Å². The third-order valence-corrected chi connectivity index (χ3v) is 5.61. The van der Waals surface area contributed by atoms with Crippen LogP contribution in [0.5, 0.6) is 0 Å². The molecular formula is C20H28N4O3. The molecule has 1 aromatic rings. The smallest absolute Gasteiger partial charge is 0.272 e. The van der Waals surface area contributed by atoms with Crippen LogP contribution in [0.1, 0.15) is 55.4 Å². The number of hydrogen-bond acceptors (Lipinski definition) is 6. The van der Waals surface area contributed by atoms with Crippen molar-refractivity contribution in [3.8, 4) is 0 Å². The van der Waals surface area contributed by atoms with E-state index in [1.807, 2.05) is 4.90 Å². The third-order valence-electron chi connectivity index (χ3n) is 5.61. The number of nitrogens with one attached hydrogen (secondary N) is 1. The zero-order valence-electron chi connectivity index (χ0n) is 15.8. The summed E-state index contributed by atoms with van der Waals surface area (Å²) in [5.41, 5.74) is 1.95. The van der Waals surface area contributed by atoms with Gasteiger partial charge in [-0.25, -0.2) is 9.97 Å². The summed E-state index contributed by atoms with van der Waals surface area (Å²) in [6.07, 6.45) is 11.4. The van der Waals surface area contributed by atoms with Gasteiger partial charge in [-0.05, 0) is 38.2 Å². The predicted octanol–water partition coefficient (Wildman–Crippen LogP) is 2.76. The Labute approximate surface area is 160 Å². The summed E-state index contributed by atoms with van der Waals surface area (Å²) in [5, 5.41) is 3.26. The van der Waals surface area contributed by atoms with Gasteiger partial charge >= 0.3 is 0 Å². The van der Waals surface area contributed by atoms with Crippen LogP contribution in [0, 0.1) is 0 Å². The number of carbonyl (C=O) groups excluding carboxylic acids is 1. The van der Waals surface area contributed by atoms with E-state index in [1.165, 1.54) is 31.3 Å². The van der Waals surface area contributed by atoms with Gasteiger partial charge in [0.05, 0.1) is 13.2 Å². The zero-order valence-corrected chi connectivity index (χ0v) is 15.8. The van der Waals surface area contributed by atoms with Crippen molar-refractivity contribution >= 4 is 11.9 Å². The van der Waals surface area contributed by atoms with Crippen LogP contribution in [0.25, 0.3) is 0 Å². The fraction of sp³-hybridized carbons (Fsp3) is 0.650. The van der Waals surface area contributed by atoms with Crippen LogP contribution in [0.3, 0.4) is 0 Å². The van der Waals surface area contributed by atoms with Gasteiger partial charge < -0.3 is 19.7 Å². The van der Waals surface area contributed by atoms with E-state index in [-0.39, 0.29) is 5.91 Å². The van der Waals surface area contributed by atoms with E-state index in [1.54, 1.807) is 12.3 Å². The molecule has 0 radical (unpaired) electrons. The van der Waals surface area contributed by atoms with Crippen molar-refractivity contribution in [3.05, 3.63) is 29.6 Å². The molecule has 0 bridgehead atoms. The minimum Gasteiger partial charge on any atom is -0.354 e. The van der Waals surface area contributed by atoms with Crippen LogP contribution in [0.15, 0.2) is 23.9 Å². The quantitative estimate of drug-likeness (QED) is 0.801. The number of hydrogen-bond donors (Lipinski definition) is 1. The summed E-state index contributed by atoms with van der Waals surface area (Å²) in [4.78, 5) is 23.3. The molecule has 2 fully saturated rings. The normalized spacial score (nSPS) is 21.9. The highest BCUT2D eigenvalue weighted by Gasteiger charge is 2.41. The molecule has 146 valence electrons. The lowest BCUT2D eigenvalue weighted by Gasteiger charge is -2.37. The number of anilines is 1. The van der Waals surface area contributed by atoms with Crippen LogP contribution in [0.2, 0.25) is 0 Å². The number of allylic oxidation sites excluding steroid dienone is 1. The molecule has 3 aliphatic rings. The summed E-state index contributed by atoms with van der Waals surface area (Å²) in [7, 11) is 0. The van der Waals surface area contributed by atoms with Crippen LogP contribution in [-0.2, 0) is 9.47 Å². The average Bonchev–Trinajstić information content (AvgIpc) is 3.17. The van der Waals surface area contributed by atoms with Crippen LogP contribution >= 0.6 is 0 Å². The molecule has 1 aromatic heterocycles. The van der Waals surface area contributed by atoms with E-state index in [4.69, 9.17) is 9.47 Å². The van der Waals surface area contributed by atoms with E-state index in [0.29, 0.717) is 50.8 Å². The Morgan fingerprint density at radius 2 is 2.04 bits per heavy atom. The molecule has 4 rings (SSSR count). The van der Waals surface area contributed by atoms with Gasteiger partial charge in [-0.1, -0.05) is 11.6 Å². The highest BCUT2D eigenvalue weighted by atomic mass is 16.7. The Morgan fingerprint density at radius 1 is 1.22 bits per heavy atom. The van der Waals surface area contributed by atoms with E-state index in [0.717, 1.165) is 13.0 Å². The highest BCUT2D eigenvalue weighted by molar-refractivity contribution is 5.92. The number of rotatable bonds is 5. The number of carbonyl (C=O) groups is 1. The molecule has 7 nitrogen and oxygen atoms in total. The number of piperidine rings is 1. The van der Waals surface area contributed by atoms with Crippen molar-refractivity contribution in [2.45, 2.75) is 50.7 Å². The molecule has 0 atom stereocenters. The Kier molecular flexibility index (Phi) is 5.69. The van der Waals surface area contributed by atoms with Crippen molar-refractivity contribution in [1.29, 1.82) is 0 Å². The molecule has 0 saturated carbocycles. The fourth-order valence-electron chi connectivity index (χ4n) is 4.03. The highest BCUT2D eigenvalue weighted by Crippen LogP contribution is 2.31. The molecule has 0 unspecified atom stereocenters. The summed E-state index contributed by atoms with van der Waals surface area (Å²) in [6, 6.07) is 1.68. The van der Waals surface area contributed by atoms with Crippen molar-refractivity contribution in [3.63, 3.8) is 0 Å². The van der Waals surface area contributed by atoms with Crippen molar-refractivity contribution < 1.29 is 14.3 Å². The standard InChI is InChI=1S/C20H28N4O3/c25-18(24-12-8-20(9-13-24)26-14-15-27-20)17-7-11-22-19(23-17)21-10-6-16-4-2-1-3-5-16/h4,7,11H,1-3,5-6,8-10,12-15H2,(H,21,22,23). The lowest BCUT2D eigenvalue weighted by atomic mass is 9.97. The third kappa shape index (κ3) is 4.47. The summed E-state index contributed by atoms with van der Waals surface area (Å²) >= 11 is 0. The van der Waals surface area contributed by atoms with E-state index < -0.39 is 5.79 Å². The SMILES string of the molecule is O=C(c1ccnc(NCCC2=CCCCC2)n1)N1CCC2(CC1)OCCO2. The lowest BCUT2D eigenvalue weighted by molar-refractivity contribution is -0.181. The second kappa shape index (κ2) is 8.35. The second-order valence-corrected chi connectivity index (χ2v) is 7.45. The lowest BCUT2D eigenvalue weighted by Crippen LogP contribution is -2.47.